The molecule has 16 heavy (non-hydrogen) atoms. The molecule has 1 saturated heterocycles. The maximum Gasteiger partial charge on any atom is 0.0629 e. The number of para-hydroxylation sites is 1. The van der Waals surface area contributed by atoms with E-state index in [4.69, 9.17) is 0 Å². The van der Waals surface area contributed by atoms with Gasteiger partial charge >= 0.3 is 0 Å². The average Bonchev–Trinajstić information content (AvgIpc) is 2.75. The van der Waals surface area contributed by atoms with E-state index >= 15 is 0 Å². The minimum atomic E-state index is 1.00. The first-order valence-corrected chi connectivity index (χ1v) is 7.26. The van der Waals surface area contributed by atoms with Gasteiger partial charge in [0.15, 0.2) is 0 Å². The largest absolute Gasteiger partial charge is 0.382 e. The Balaban J connectivity index is 1.84. The van der Waals surface area contributed by atoms with Gasteiger partial charge < -0.3 is 10.2 Å². The van der Waals surface area contributed by atoms with Gasteiger partial charge in [-0.2, -0.15) is 0 Å². The lowest BCUT2D eigenvalue weighted by atomic mass is 10.3. The Hall–Kier alpha value is -0.0600. The predicted molar refractivity (Wildman–Crippen MR) is 76.0 cm³/mol. The predicted octanol–water partition coefficient (Wildman–Crippen LogP) is 3.72. The molecule has 88 valence electrons. The first-order chi connectivity index (χ1) is 7.77. The zero-order chi connectivity index (χ0) is 11.4. The van der Waals surface area contributed by atoms with Crippen LogP contribution in [0.25, 0.3) is 0 Å². The van der Waals surface area contributed by atoms with Gasteiger partial charge in [-0.3, -0.25) is 0 Å². The van der Waals surface area contributed by atoms with Gasteiger partial charge in [-0.25, -0.2) is 0 Å². The number of benzene rings is 1. The van der Waals surface area contributed by atoms with Crippen LogP contribution in [0.4, 0.5) is 5.69 Å². The van der Waals surface area contributed by atoms with Gasteiger partial charge in [-0.1, -0.05) is 6.07 Å². The fourth-order valence-electron chi connectivity index (χ4n) is 2.01. The number of nitrogens with zero attached hydrogens (tertiary/aromatic N) is 1. The molecule has 2 nitrogen and oxygen atoms in total. The van der Waals surface area contributed by atoms with Crippen molar-refractivity contribution in [3.63, 3.8) is 0 Å². The van der Waals surface area contributed by atoms with Crippen LogP contribution in [-0.4, -0.2) is 31.1 Å². The third-order valence-corrected chi connectivity index (χ3v) is 4.21. The molecule has 4 heteroatoms. The van der Waals surface area contributed by atoms with Crippen molar-refractivity contribution in [3.05, 3.63) is 27.1 Å². The fourth-order valence-corrected chi connectivity index (χ4v) is 3.29. The molecule has 0 unspecified atom stereocenters. The van der Waals surface area contributed by atoms with E-state index in [1.807, 2.05) is 6.07 Å². The van der Waals surface area contributed by atoms with Crippen molar-refractivity contribution < 1.29 is 0 Å². The fraction of sp³-hybridized carbons (Fsp3) is 0.500. The number of halogens is 2. The zero-order valence-corrected chi connectivity index (χ0v) is 12.3. The van der Waals surface area contributed by atoms with Crippen LogP contribution in [0.3, 0.4) is 0 Å². The Morgan fingerprint density at radius 3 is 2.38 bits per heavy atom. The summed E-state index contributed by atoms with van der Waals surface area (Å²) >= 11 is 7.11. The molecule has 0 bridgehead atoms. The Labute approximate surface area is 114 Å². The Morgan fingerprint density at radius 1 is 1.12 bits per heavy atom. The van der Waals surface area contributed by atoms with Gasteiger partial charge in [-0.15, -0.1) is 0 Å². The first-order valence-electron chi connectivity index (χ1n) is 5.67. The van der Waals surface area contributed by atoms with E-state index in [1.165, 1.54) is 25.9 Å². The topological polar surface area (TPSA) is 15.3 Å². The second-order valence-corrected chi connectivity index (χ2v) is 5.78. The van der Waals surface area contributed by atoms with Crippen LogP contribution in [0.5, 0.6) is 0 Å². The van der Waals surface area contributed by atoms with Gasteiger partial charge in [0.25, 0.3) is 0 Å². The van der Waals surface area contributed by atoms with E-state index in [1.54, 1.807) is 0 Å². The number of anilines is 1. The monoisotopic (exact) mass is 346 g/mol. The Kier molecular flexibility index (Phi) is 4.67. The van der Waals surface area contributed by atoms with E-state index in [0.29, 0.717) is 0 Å². The number of nitrogens with one attached hydrogen (secondary N) is 1. The quantitative estimate of drug-likeness (QED) is 0.892. The lowest BCUT2D eigenvalue weighted by Gasteiger charge is -2.16. The molecule has 0 atom stereocenters. The molecular weight excluding hydrogens is 332 g/mol. The number of rotatable bonds is 4. The summed E-state index contributed by atoms with van der Waals surface area (Å²) in [5, 5.41) is 3.47. The highest BCUT2D eigenvalue weighted by Crippen LogP contribution is 2.30. The minimum Gasteiger partial charge on any atom is -0.382 e. The molecule has 0 spiro atoms. The highest BCUT2D eigenvalue weighted by atomic mass is 79.9. The van der Waals surface area contributed by atoms with Crippen LogP contribution in [0, 0.1) is 0 Å². The standard InChI is InChI=1S/C12H16Br2N2/c13-10-4-3-5-11(14)12(10)15-6-9-16-7-1-2-8-16/h3-5,15H,1-2,6-9H2. The molecule has 0 radical (unpaired) electrons. The summed E-state index contributed by atoms with van der Waals surface area (Å²) in [7, 11) is 0. The molecule has 0 saturated carbocycles. The molecule has 0 aromatic heterocycles. The lowest BCUT2D eigenvalue weighted by molar-refractivity contribution is 0.352. The molecule has 1 heterocycles. The number of hydrogen-bond donors (Lipinski definition) is 1. The van der Waals surface area contributed by atoms with E-state index in [-0.39, 0.29) is 0 Å². The van der Waals surface area contributed by atoms with Gasteiger partial charge in [0, 0.05) is 22.0 Å². The molecule has 1 aliphatic heterocycles. The van der Waals surface area contributed by atoms with E-state index in [2.05, 4.69) is 54.2 Å². The summed E-state index contributed by atoms with van der Waals surface area (Å²) < 4.78 is 2.23. The normalized spacial score (nSPS) is 16.6. The molecule has 1 fully saturated rings. The molecule has 1 aromatic carbocycles. The van der Waals surface area contributed by atoms with Crippen molar-refractivity contribution in [2.24, 2.45) is 0 Å². The van der Waals surface area contributed by atoms with Crippen molar-refractivity contribution in [2.45, 2.75) is 12.8 Å². The van der Waals surface area contributed by atoms with Crippen molar-refractivity contribution >= 4 is 37.5 Å². The second-order valence-electron chi connectivity index (χ2n) is 4.07. The summed E-state index contributed by atoms with van der Waals surface area (Å²) in [6, 6.07) is 6.14. The third-order valence-electron chi connectivity index (χ3n) is 2.89. The number of hydrogen-bond acceptors (Lipinski definition) is 2. The molecule has 1 aliphatic rings. The summed E-state index contributed by atoms with van der Waals surface area (Å²) in [4.78, 5) is 2.51. The SMILES string of the molecule is Brc1cccc(Br)c1NCCN1CCCC1. The molecule has 2 rings (SSSR count). The first kappa shape index (κ1) is 12.4. The van der Waals surface area contributed by atoms with Gasteiger partial charge in [0.2, 0.25) is 0 Å². The molecule has 0 amide bonds. The van der Waals surface area contributed by atoms with Crippen molar-refractivity contribution in [1.29, 1.82) is 0 Å². The van der Waals surface area contributed by atoms with Crippen LogP contribution in [0.15, 0.2) is 27.1 Å². The maximum absolute atomic E-state index is 3.55. The summed E-state index contributed by atoms with van der Waals surface area (Å²) in [5.74, 6) is 0. The van der Waals surface area contributed by atoms with Gasteiger partial charge in [-0.05, 0) is 69.9 Å². The summed E-state index contributed by atoms with van der Waals surface area (Å²) in [6.07, 6.45) is 2.72. The van der Waals surface area contributed by atoms with Crippen LogP contribution >= 0.6 is 31.9 Å². The third kappa shape index (κ3) is 3.22. The van der Waals surface area contributed by atoms with E-state index in [0.717, 1.165) is 27.7 Å². The van der Waals surface area contributed by atoms with Crippen LogP contribution in [0.1, 0.15) is 12.8 Å². The average molecular weight is 348 g/mol. The highest BCUT2D eigenvalue weighted by molar-refractivity contribution is 9.11. The Bertz CT molecular complexity index is 329. The lowest BCUT2D eigenvalue weighted by Crippen LogP contribution is -2.26. The van der Waals surface area contributed by atoms with Crippen molar-refractivity contribution in [2.75, 3.05) is 31.5 Å². The van der Waals surface area contributed by atoms with E-state index < -0.39 is 0 Å². The summed E-state index contributed by atoms with van der Waals surface area (Å²) in [5.41, 5.74) is 1.15. The Morgan fingerprint density at radius 2 is 1.75 bits per heavy atom. The molecule has 1 N–H and O–H groups in total. The summed E-state index contributed by atoms with van der Waals surface area (Å²) in [6.45, 7) is 4.66. The highest BCUT2D eigenvalue weighted by Gasteiger charge is 2.11. The second kappa shape index (κ2) is 6.03. The smallest absolute Gasteiger partial charge is 0.0629 e. The van der Waals surface area contributed by atoms with Crippen molar-refractivity contribution in [1.82, 2.24) is 4.90 Å². The van der Waals surface area contributed by atoms with Crippen LogP contribution in [0.2, 0.25) is 0 Å². The minimum absolute atomic E-state index is 1.00. The molecular formula is C12H16Br2N2. The number of likely N-dealkylation sites (tertiary alicyclic amines) is 1. The molecule has 0 aliphatic carbocycles. The van der Waals surface area contributed by atoms with Crippen LogP contribution < -0.4 is 5.32 Å². The van der Waals surface area contributed by atoms with Gasteiger partial charge in [0.1, 0.15) is 0 Å². The van der Waals surface area contributed by atoms with Crippen LogP contribution in [-0.2, 0) is 0 Å². The molecule has 1 aromatic rings. The van der Waals surface area contributed by atoms with E-state index in [9.17, 15) is 0 Å². The van der Waals surface area contributed by atoms with Crippen molar-refractivity contribution in [3.8, 4) is 0 Å². The maximum atomic E-state index is 3.55. The van der Waals surface area contributed by atoms with Gasteiger partial charge in [0.05, 0.1) is 5.69 Å². The zero-order valence-electron chi connectivity index (χ0n) is 9.18.